The van der Waals surface area contributed by atoms with Crippen LogP contribution in [0.25, 0.3) is 6.08 Å². The van der Waals surface area contributed by atoms with Crippen LogP contribution in [0.3, 0.4) is 0 Å². The van der Waals surface area contributed by atoms with Crippen molar-refractivity contribution in [1.29, 1.82) is 5.26 Å². The summed E-state index contributed by atoms with van der Waals surface area (Å²) in [6.07, 6.45) is 1.29. The minimum absolute atomic E-state index is 0.0242. The Morgan fingerprint density at radius 1 is 1.18 bits per heavy atom. The Kier molecular flexibility index (Phi) is 5.05. The zero-order valence-electron chi connectivity index (χ0n) is 11.2. The molecule has 0 aromatic heterocycles. The molecule has 0 saturated carbocycles. The van der Waals surface area contributed by atoms with E-state index in [4.69, 9.17) is 28.5 Å². The molecule has 0 aliphatic heterocycles. The molecule has 22 heavy (non-hydrogen) atoms. The molecule has 0 aliphatic carbocycles. The number of amides is 1. The fourth-order valence-corrected chi connectivity index (χ4v) is 2.05. The maximum absolute atomic E-state index is 12.1. The Bertz CT molecular complexity index is 795. The van der Waals surface area contributed by atoms with E-state index in [0.29, 0.717) is 16.3 Å². The van der Waals surface area contributed by atoms with Gasteiger partial charge in [0.1, 0.15) is 17.4 Å². The van der Waals surface area contributed by atoms with Crippen molar-refractivity contribution in [3.63, 3.8) is 0 Å². The van der Waals surface area contributed by atoms with E-state index in [1.807, 2.05) is 0 Å². The topological polar surface area (TPSA) is 73.1 Å². The SMILES string of the molecule is N#C/C(=C\c1ccccc1O)C(=O)Nc1cccc(Cl)c1Cl. The summed E-state index contributed by atoms with van der Waals surface area (Å²) in [5.41, 5.74) is 0.501. The average Bonchev–Trinajstić information content (AvgIpc) is 2.51. The second-order valence-corrected chi connectivity index (χ2v) is 5.07. The van der Waals surface area contributed by atoms with Crippen LogP contribution in [0.2, 0.25) is 10.0 Å². The van der Waals surface area contributed by atoms with E-state index in [1.165, 1.54) is 12.1 Å². The highest BCUT2D eigenvalue weighted by Gasteiger charge is 2.13. The lowest BCUT2D eigenvalue weighted by Gasteiger charge is -2.07. The fraction of sp³-hybridized carbons (Fsp3) is 0. The number of nitrogens with zero attached hydrogens (tertiary/aromatic N) is 1. The minimum atomic E-state index is -0.644. The number of anilines is 1. The second-order valence-electron chi connectivity index (χ2n) is 4.28. The largest absolute Gasteiger partial charge is 0.507 e. The molecule has 0 aliphatic rings. The van der Waals surface area contributed by atoms with Crippen LogP contribution in [-0.2, 0) is 4.79 Å². The van der Waals surface area contributed by atoms with Gasteiger partial charge in [-0.25, -0.2) is 0 Å². The molecule has 6 heteroatoms. The van der Waals surface area contributed by atoms with Crippen LogP contribution in [0.4, 0.5) is 5.69 Å². The van der Waals surface area contributed by atoms with Crippen molar-refractivity contribution in [2.75, 3.05) is 5.32 Å². The molecule has 2 N–H and O–H groups in total. The standard InChI is InChI=1S/C16H10Cl2N2O2/c17-12-5-3-6-13(15(12)18)20-16(22)11(9-19)8-10-4-1-2-7-14(10)21/h1-8,21H,(H,20,22)/b11-8+. The van der Waals surface area contributed by atoms with Crippen LogP contribution in [0.5, 0.6) is 5.75 Å². The maximum Gasteiger partial charge on any atom is 0.266 e. The van der Waals surface area contributed by atoms with Gasteiger partial charge in [0, 0.05) is 5.56 Å². The van der Waals surface area contributed by atoms with Crippen molar-refractivity contribution >= 4 is 40.9 Å². The lowest BCUT2D eigenvalue weighted by Crippen LogP contribution is -2.13. The van der Waals surface area contributed by atoms with Crippen LogP contribution >= 0.6 is 23.2 Å². The van der Waals surface area contributed by atoms with Gasteiger partial charge in [-0.2, -0.15) is 5.26 Å². The Morgan fingerprint density at radius 3 is 2.59 bits per heavy atom. The molecule has 0 spiro atoms. The van der Waals surface area contributed by atoms with Crippen molar-refractivity contribution in [1.82, 2.24) is 0 Å². The number of para-hydroxylation sites is 1. The molecule has 2 rings (SSSR count). The van der Waals surface area contributed by atoms with Gasteiger partial charge in [0.25, 0.3) is 5.91 Å². The first-order chi connectivity index (χ1) is 10.5. The van der Waals surface area contributed by atoms with E-state index in [9.17, 15) is 9.90 Å². The van der Waals surface area contributed by atoms with Crippen LogP contribution < -0.4 is 5.32 Å². The summed E-state index contributed by atoms with van der Waals surface area (Å²) in [5, 5.41) is 21.8. The van der Waals surface area contributed by atoms with E-state index in [2.05, 4.69) is 5.32 Å². The third-order valence-electron chi connectivity index (χ3n) is 2.80. The van der Waals surface area contributed by atoms with Gasteiger partial charge in [-0.1, -0.05) is 47.5 Å². The lowest BCUT2D eigenvalue weighted by atomic mass is 10.1. The summed E-state index contributed by atoms with van der Waals surface area (Å²) < 4.78 is 0. The monoisotopic (exact) mass is 332 g/mol. The van der Waals surface area contributed by atoms with Crippen molar-refractivity contribution in [3.8, 4) is 11.8 Å². The van der Waals surface area contributed by atoms with Crippen molar-refractivity contribution in [2.45, 2.75) is 0 Å². The Hall–Kier alpha value is -2.48. The van der Waals surface area contributed by atoms with E-state index < -0.39 is 5.91 Å². The number of halogens is 2. The van der Waals surface area contributed by atoms with Crippen molar-refractivity contribution < 1.29 is 9.90 Å². The number of carbonyl (C=O) groups is 1. The van der Waals surface area contributed by atoms with E-state index in [1.54, 1.807) is 42.5 Å². The summed E-state index contributed by atoms with van der Waals surface area (Å²) in [6, 6.07) is 13.0. The third-order valence-corrected chi connectivity index (χ3v) is 3.62. The molecule has 0 bridgehead atoms. The van der Waals surface area contributed by atoms with Gasteiger partial charge in [-0.15, -0.1) is 0 Å². The number of phenols is 1. The first-order valence-corrected chi connectivity index (χ1v) is 6.93. The number of hydrogen-bond donors (Lipinski definition) is 2. The Balaban J connectivity index is 2.29. The molecule has 1 amide bonds. The molecule has 0 fully saturated rings. The highest BCUT2D eigenvalue weighted by atomic mass is 35.5. The first-order valence-electron chi connectivity index (χ1n) is 6.18. The quantitative estimate of drug-likeness (QED) is 0.652. The highest BCUT2D eigenvalue weighted by molar-refractivity contribution is 6.44. The van der Waals surface area contributed by atoms with Crippen molar-refractivity contribution in [3.05, 3.63) is 63.6 Å². The number of nitriles is 1. The van der Waals surface area contributed by atoms with Gasteiger partial charge in [0.2, 0.25) is 0 Å². The lowest BCUT2D eigenvalue weighted by molar-refractivity contribution is -0.112. The molecule has 0 saturated heterocycles. The van der Waals surface area contributed by atoms with Gasteiger partial charge >= 0.3 is 0 Å². The number of hydrogen-bond acceptors (Lipinski definition) is 3. The van der Waals surface area contributed by atoms with Crippen LogP contribution in [0, 0.1) is 11.3 Å². The normalized spacial score (nSPS) is 10.9. The van der Waals surface area contributed by atoms with Crippen LogP contribution in [0.15, 0.2) is 48.0 Å². The average molecular weight is 333 g/mol. The number of carbonyl (C=O) groups excluding carboxylic acids is 1. The van der Waals surface area contributed by atoms with Crippen LogP contribution in [-0.4, -0.2) is 11.0 Å². The minimum Gasteiger partial charge on any atom is -0.507 e. The molecule has 2 aromatic rings. The van der Waals surface area contributed by atoms with E-state index in [-0.39, 0.29) is 16.3 Å². The smallest absolute Gasteiger partial charge is 0.266 e. The van der Waals surface area contributed by atoms with Crippen molar-refractivity contribution in [2.24, 2.45) is 0 Å². The summed E-state index contributed by atoms with van der Waals surface area (Å²) in [7, 11) is 0. The van der Waals surface area contributed by atoms with E-state index >= 15 is 0 Å². The zero-order chi connectivity index (χ0) is 16.1. The predicted molar refractivity (Wildman–Crippen MR) is 86.8 cm³/mol. The molecule has 0 radical (unpaired) electrons. The van der Waals surface area contributed by atoms with Gasteiger partial charge in [0.15, 0.2) is 0 Å². The Labute approximate surface area is 137 Å². The molecule has 110 valence electrons. The summed E-state index contributed by atoms with van der Waals surface area (Å²) in [4.78, 5) is 12.1. The molecule has 0 atom stereocenters. The number of nitrogens with one attached hydrogen (secondary N) is 1. The predicted octanol–water partition coefficient (Wildman–Crippen LogP) is 4.24. The molecular weight excluding hydrogens is 323 g/mol. The Morgan fingerprint density at radius 2 is 1.91 bits per heavy atom. The molecule has 0 unspecified atom stereocenters. The van der Waals surface area contributed by atoms with Gasteiger partial charge in [-0.05, 0) is 24.3 Å². The third kappa shape index (κ3) is 3.59. The maximum atomic E-state index is 12.1. The van der Waals surface area contributed by atoms with Gasteiger partial charge < -0.3 is 10.4 Å². The number of benzene rings is 2. The summed E-state index contributed by atoms with van der Waals surface area (Å²) in [5.74, 6) is -0.668. The molecular formula is C16H10Cl2N2O2. The number of phenolic OH excluding ortho intramolecular Hbond substituents is 1. The van der Waals surface area contributed by atoms with Crippen LogP contribution in [0.1, 0.15) is 5.56 Å². The molecule has 0 heterocycles. The number of aromatic hydroxyl groups is 1. The summed E-state index contributed by atoms with van der Waals surface area (Å²) in [6.45, 7) is 0. The fourth-order valence-electron chi connectivity index (χ4n) is 1.70. The van der Waals surface area contributed by atoms with Gasteiger partial charge in [-0.3, -0.25) is 4.79 Å². The molecule has 4 nitrogen and oxygen atoms in total. The zero-order valence-corrected chi connectivity index (χ0v) is 12.7. The molecule has 2 aromatic carbocycles. The summed E-state index contributed by atoms with van der Waals surface area (Å²) >= 11 is 11.8. The second kappa shape index (κ2) is 6.99. The first kappa shape index (κ1) is 15.9. The van der Waals surface area contributed by atoms with Gasteiger partial charge in [0.05, 0.1) is 15.7 Å². The van der Waals surface area contributed by atoms with E-state index in [0.717, 1.165) is 0 Å². The number of rotatable bonds is 3. The highest BCUT2D eigenvalue weighted by Crippen LogP contribution is 2.30.